The normalized spacial score (nSPS) is 12.7. The first-order valence-electron chi connectivity index (χ1n) is 7.01. The van der Waals surface area contributed by atoms with Gasteiger partial charge in [0.1, 0.15) is 5.82 Å². The number of hydrogen-bond acceptors (Lipinski definition) is 3. The van der Waals surface area contributed by atoms with E-state index in [4.69, 9.17) is 10.6 Å². The minimum Gasteiger partial charge on any atom is -0.359 e. The number of aromatic amines is 1. The van der Waals surface area contributed by atoms with Crippen molar-refractivity contribution in [3.05, 3.63) is 59.5 Å². The molecule has 0 saturated heterocycles. The number of halogens is 1. The van der Waals surface area contributed by atoms with E-state index in [1.54, 1.807) is 19.2 Å². The number of hydrazine groups is 1. The van der Waals surface area contributed by atoms with Crippen LogP contribution in [0.15, 0.2) is 42.5 Å². The van der Waals surface area contributed by atoms with Crippen LogP contribution in [0.2, 0.25) is 0 Å². The molecule has 1 atom stereocenters. The second kappa shape index (κ2) is 5.88. The lowest BCUT2D eigenvalue weighted by molar-refractivity contribution is 0.0707. The first-order chi connectivity index (χ1) is 10.6. The van der Waals surface area contributed by atoms with E-state index in [2.05, 4.69) is 10.4 Å². The summed E-state index contributed by atoms with van der Waals surface area (Å²) in [5, 5.41) is 1.11. The fourth-order valence-electron chi connectivity index (χ4n) is 2.71. The van der Waals surface area contributed by atoms with Gasteiger partial charge in [-0.05, 0) is 41.8 Å². The van der Waals surface area contributed by atoms with Crippen LogP contribution in [0, 0.1) is 12.7 Å². The molecular weight excluding hydrogens is 281 g/mol. The van der Waals surface area contributed by atoms with Crippen molar-refractivity contribution in [2.75, 3.05) is 7.11 Å². The average molecular weight is 299 g/mol. The summed E-state index contributed by atoms with van der Waals surface area (Å²) in [5.41, 5.74) is 7.60. The maximum Gasteiger partial charge on any atom is 0.161 e. The van der Waals surface area contributed by atoms with Crippen molar-refractivity contribution < 1.29 is 9.13 Å². The fraction of sp³-hybridized carbons (Fsp3) is 0.176. The first-order valence-corrected chi connectivity index (χ1v) is 7.01. The fourth-order valence-corrected chi connectivity index (χ4v) is 2.71. The quantitative estimate of drug-likeness (QED) is 0.393. The molecule has 0 saturated carbocycles. The van der Waals surface area contributed by atoms with Gasteiger partial charge in [0, 0.05) is 18.0 Å². The Kier molecular flexibility index (Phi) is 3.94. The molecule has 0 aliphatic heterocycles. The highest BCUT2D eigenvalue weighted by molar-refractivity contribution is 5.88. The molecule has 3 rings (SSSR count). The SMILES string of the molecule is COC(NN)c1[nH]c2cc(-c3ccc(F)cc3)ccc2c1C. The second-order valence-electron chi connectivity index (χ2n) is 5.21. The predicted molar refractivity (Wildman–Crippen MR) is 85.5 cm³/mol. The summed E-state index contributed by atoms with van der Waals surface area (Å²) in [6, 6.07) is 12.6. The lowest BCUT2D eigenvalue weighted by Gasteiger charge is -2.13. The molecule has 0 radical (unpaired) electrons. The number of fused-ring (bicyclic) bond motifs is 1. The summed E-state index contributed by atoms with van der Waals surface area (Å²) in [4.78, 5) is 3.35. The Bertz CT molecular complexity index is 792. The van der Waals surface area contributed by atoms with Crippen molar-refractivity contribution in [1.29, 1.82) is 0 Å². The van der Waals surface area contributed by atoms with Gasteiger partial charge in [-0.25, -0.2) is 9.82 Å². The van der Waals surface area contributed by atoms with Crippen molar-refractivity contribution in [2.24, 2.45) is 5.84 Å². The Morgan fingerprint density at radius 3 is 2.45 bits per heavy atom. The third kappa shape index (κ3) is 2.50. The molecule has 4 nitrogen and oxygen atoms in total. The molecule has 114 valence electrons. The Balaban J connectivity index is 2.08. The Labute approximate surface area is 128 Å². The molecule has 1 aromatic heterocycles. The Hall–Kier alpha value is -2.21. The lowest BCUT2D eigenvalue weighted by atomic mass is 10.0. The molecule has 1 unspecified atom stereocenters. The molecule has 1 heterocycles. The highest BCUT2D eigenvalue weighted by Crippen LogP contribution is 2.30. The van der Waals surface area contributed by atoms with Crippen LogP contribution >= 0.6 is 0 Å². The zero-order chi connectivity index (χ0) is 15.7. The van der Waals surface area contributed by atoms with Crippen molar-refractivity contribution in [1.82, 2.24) is 10.4 Å². The highest BCUT2D eigenvalue weighted by atomic mass is 19.1. The number of H-pyrrole nitrogens is 1. The predicted octanol–water partition coefficient (Wildman–Crippen LogP) is 3.39. The van der Waals surface area contributed by atoms with Crippen LogP contribution in [0.25, 0.3) is 22.0 Å². The van der Waals surface area contributed by atoms with Gasteiger partial charge in [-0.2, -0.15) is 0 Å². The van der Waals surface area contributed by atoms with E-state index in [0.717, 1.165) is 33.3 Å². The van der Waals surface area contributed by atoms with Gasteiger partial charge in [0.05, 0.1) is 5.69 Å². The monoisotopic (exact) mass is 299 g/mol. The van der Waals surface area contributed by atoms with Gasteiger partial charge in [0.15, 0.2) is 6.23 Å². The zero-order valence-electron chi connectivity index (χ0n) is 12.5. The number of methoxy groups -OCH3 is 1. The van der Waals surface area contributed by atoms with Crippen molar-refractivity contribution in [3.8, 4) is 11.1 Å². The summed E-state index contributed by atoms with van der Waals surface area (Å²) in [5.74, 6) is 5.27. The smallest absolute Gasteiger partial charge is 0.161 e. The van der Waals surface area contributed by atoms with Crippen molar-refractivity contribution in [2.45, 2.75) is 13.2 Å². The van der Waals surface area contributed by atoms with Gasteiger partial charge in [0.2, 0.25) is 0 Å². The van der Waals surface area contributed by atoms with Gasteiger partial charge < -0.3 is 9.72 Å². The molecule has 3 aromatic rings. The van der Waals surface area contributed by atoms with E-state index < -0.39 is 0 Å². The van der Waals surface area contributed by atoms with Crippen LogP contribution in [0.1, 0.15) is 17.5 Å². The van der Waals surface area contributed by atoms with Crippen LogP contribution in [0.4, 0.5) is 4.39 Å². The van der Waals surface area contributed by atoms with Crippen LogP contribution in [-0.4, -0.2) is 12.1 Å². The van der Waals surface area contributed by atoms with E-state index in [0.29, 0.717) is 0 Å². The molecule has 0 bridgehead atoms. The molecule has 0 aliphatic carbocycles. The van der Waals surface area contributed by atoms with Crippen molar-refractivity contribution in [3.63, 3.8) is 0 Å². The molecule has 5 heteroatoms. The number of nitrogens with two attached hydrogens (primary N) is 1. The summed E-state index contributed by atoms with van der Waals surface area (Å²) in [7, 11) is 1.60. The molecular formula is C17H18FN3O. The van der Waals surface area contributed by atoms with Crippen molar-refractivity contribution >= 4 is 10.9 Å². The lowest BCUT2D eigenvalue weighted by Crippen LogP contribution is -2.29. The number of nitrogens with one attached hydrogen (secondary N) is 2. The molecule has 22 heavy (non-hydrogen) atoms. The molecule has 4 N–H and O–H groups in total. The van der Waals surface area contributed by atoms with E-state index in [1.807, 2.05) is 25.1 Å². The summed E-state index contributed by atoms with van der Waals surface area (Å²) < 4.78 is 18.4. The summed E-state index contributed by atoms with van der Waals surface area (Å²) in [6.07, 6.45) is -0.387. The standard InChI is InChI=1S/C17H18FN3O/c1-10-14-8-5-12(11-3-6-13(18)7-4-11)9-15(14)20-16(10)17(21-19)22-2/h3-9,17,20-21H,19H2,1-2H3. The first kappa shape index (κ1) is 14.7. The second-order valence-corrected chi connectivity index (χ2v) is 5.21. The minimum absolute atomic E-state index is 0.236. The number of benzene rings is 2. The van der Waals surface area contributed by atoms with Crippen LogP contribution in [-0.2, 0) is 4.74 Å². The maximum absolute atomic E-state index is 13.0. The minimum atomic E-state index is -0.387. The van der Waals surface area contributed by atoms with Crippen LogP contribution in [0.3, 0.4) is 0 Å². The number of hydrogen-bond donors (Lipinski definition) is 3. The van der Waals surface area contributed by atoms with E-state index >= 15 is 0 Å². The Morgan fingerprint density at radius 2 is 1.82 bits per heavy atom. The topological polar surface area (TPSA) is 63.1 Å². The maximum atomic E-state index is 13.0. The Morgan fingerprint density at radius 1 is 1.14 bits per heavy atom. The van der Waals surface area contributed by atoms with E-state index in [-0.39, 0.29) is 12.0 Å². The summed E-state index contributed by atoms with van der Waals surface area (Å²) in [6.45, 7) is 2.02. The third-order valence-electron chi connectivity index (χ3n) is 3.92. The largest absolute Gasteiger partial charge is 0.359 e. The molecule has 0 aliphatic rings. The number of rotatable bonds is 4. The number of ether oxygens (including phenoxy) is 1. The van der Waals surface area contributed by atoms with E-state index in [1.165, 1.54) is 12.1 Å². The molecule has 0 spiro atoms. The van der Waals surface area contributed by atoms with Crippen LogP contribution < -0.4 is 11.3 Å². The molecule has 0 fully saturated rings. The number of aryl methyl sites for hydroxylation is 1. The van der Waals surface area contributed by atoms with Gasteiger partial charge in [-0.3, -0.25) is 5.84 Å². The summed E-state index contributed by atoms with van der Waals surface area (Å²) >= 11 is 0. The van der Waals surface area contributed by atoms with Crippen LogP contribution in [0.5, 0.6) is 0 Å². The highest BCUT2D eigenvalue weighted by Gasteiger charge is 2.16. The van der Waals surface area contributed by atoms with Gasteiger partial charge in [0.25, 0.3) is 0 Å². The van der Waals surface area contributed by atoms with Gasteiger partial charge in [-0.15, -0.1) is 0 Å². The van der Waals surface area contributed by atoms with E-state index in [9.17, 15) is 4.39 Å². The molecule has 0 amide bonds. The van der Waals surface area contributed by atoms with Gasteiger partial charge in [-0.1, -0.05) is 24.3 Å². The molecule has 2 aromatic carbocycles. The van der Waals surface area contributed by atoms with Gasteiger partial charge >= 0.3 is 0 Å². The number of aromatic nitrogens is 1. The third-order valence-corrected chi connectivity index (χ3v) is 3.92. The average Bonchev–Trinajstić information content (AvgIpc) is 2.86. The zero-order valence-corrected chi connectivity index (χ0v) is 12.5.